The van der Waals surface area contributed by atoms with Crippen LogP contribution in [0.4, 0.5) is 0 Å². The lowest BCUT2D eigenvalue weighted by atomic mass is 10.2. The number of carbonyl (C=O) groups is 2. The summed E-state index contributed by atoms with van der Waals surface area (Å²) in [5, 5.41) is 11.4. The Morgan fingerprint density at radius 3 is 3.00 bits per heavy atom. The molecule has 1 amide bonds. The summed E-state index contributed by atoms with van der Waals surface area (Å²) in [5.74, 6) is -1.36. The minimum Gasteiger partial charge on any atom is -0.478 e. The second-order valence-corrected chi connectivity index (χ2v) is 2.96. The van der Waals surface area contributed by atoms with Crippen LogP contribution in [-0.4, -0.2) is 21.6 Å². The van der Waals surface area contributed by atoms with Crippen LogP contribution in [0, 0.1) is 0 Å². The van der Waals surface area contributed by atoms with E-state index >= 15 is 0 Å². The minimum absolute atomic E-state index is 0.0764. The number of aromatic carboxylic acids is 1. The average Bonchev–Trinajstić information content (AvgIpc) is 2.55. The Kier molecular flexibility index (Phi) is 1.42. The first-order chi connectivity index (χ1) is 6.11. The number of hydrogen-bond donors (Lipinski definition) is 2. The summed E-state index contributed by atoms with van der Waals surface area (Å²) < 4.78 is 1.66. The van der Waals surface area contributed by atoms with Crippen LogP contribution < -0.4 is 5.32 Å². The van der Waals surface area contributed by atoms with Gasteiger partial charge in [-0.05, 0) is 0 Å². The van der Waals surface area contributed by atoms with E-state index in [9.17, 15) is 9.59 Å². The van der Waals surface area contributed by atoms with E-state index in [2.05, 4.69) is 5.32 Å². The second-order valence-electron chi connectivity index (χ2n) is 2.96. The van der Waals surface area contributed by atoms with Gasteiger partial charge >= 0.3 is 5.97 Å². The van der Waals surface area contributed by atoms with Crippen LogP contribution in [0.1, 0.15) is 26.4 Å². The molecule has 0 bridgehead atoms. The van der Waals surface area contributed by atoms with Crippen molar-refractivity contribution in [3.63, 3.8) is 0 Å². The van der Waals surface area contributed by atoms with Gasteiger partial charge < -0.3 is 15.0 Å². The molecule has 0 saturated carbocycles. The zero-order valence-electron chi connectivity index (χ0n) is 7.00. The van der Waals surface area contributed by atoms with Crippen molar-refractivity contribution in [2.75, 3.05) is 0 Å². The van der Waals surface area contributed by atoms with Crippen molar-refractivity contribution in [3.8, 4) is 0 Å². The molecule has 0 saturated heterocycles. The molecule has 2 rings (SSSR count). The van der Waals surface area contributed by atoms with E-state index in [1.165, 1.54) is 6.20 Å². The molecule has 2 N–H and O–H groups in total. The summed E-state index contributed by atoms with van der Waals surface area (Å²) in [7, 11) is 1.73. The Labute approximate surface area is 74.0 Å². The minimum atomic E-state index is -1.06. The predicted molar refractivity (Wildman–Crippen MR) is 43.5 cm³/mol. The van der Waals surface area contributed by atoms with Crippen molar-refractivity contribution < 1.29 is 14.7 Å². The Morgan fingerprint density at radius 2 is 2.38 bits per heavy atom. The summed E-state index contributed by atoms with van der Waals surface area (Å²) >= 11 is 0. The van der Waals surface area contributed by atoms with Crippen molar-refractivity contribution in [2.45, 2.75) is 6.54 Å². The topological polar surface area (TPSA) is 71.3 Å². The van der Waals surface area contributed by atoms with Gasteiger partial charge in [0.05, 0.1) is 23.4 Å². The third-order valence-corrected chi connectivity index (χ3v) is 2.18. The predicted octanol–water partition coefficient (Wildman–Crippen LogP) is -0.0333. The molecule has 0 aromatic carbocycles. The fourth-order valence-corrected chi connectivity index (χ4v) is 1.55. The number of nitrogens with zero attached hydrogens (tertiary/aromatic N) is 1. The normalized spacial score (nSPS) is 14.1. The Hall–Kier alpha value is -1.78. The lowest BCUT2D eigenvalue weighted by Gasteiger charge is -1.95. The fraction of sp³-hybridized carbons (Fsp3) is 0.250. The van der Waals surface area contributed by atoms with Crippen LogP contribution in [0.5, 0.6) is 0 Å². The van der Waals surface area contributed by atoms with Gasteiger partial charge in [-0.15, -0.1) is 0 Å². The standard InChI is InChI=1S/C8H8N2O3/c1-10-3-4(8(12)13)6-5(10)2-9-7(6)11/h3H,2H2,1H3,(H,9,11)(H,12,13). The second kappa shape index (κ2) is 2.35. The molecule has 2 heterocycles. The van der Waals surface area contributed by atoms with E-state index in [0.29, 0.717) is 12.1 Å². The molecule has 0 unspecified atom stereocenters. The Bertz CT molecular complexity index is 406. The van der Waals surface area contributed by atoms with E-state index in [0.717, 1.165) is 5.69 Å². The zero-order valence-corrected chi connectivity index (χ0v) is 7.00. The molecule has 68 valence electrons. The molecular formula is C8H8N2O3. The van der Waals surface area contributed by atoms with Crippen LogP contribution in [0.25, 0.3) is 0 Å². The van der Waals surface area contributed by atoms with Gasteiger partial charge in [-0.25, -0.2) is 4.79 Å². The molecule has 0 radical (unpaired) electrons. The number of carbonyl (C=O) groups excluding carboxylic acids is 1. The number of carboxylic acids is 1. The molecule has 0 aliphatic carbocycles. The van der Waals surface area contributed by atoms with Gasteiger partial charge in [0.2, 0.25) is 0 Å². The lowest BCUT2D eigenvalue weighted by molar-refractivity contribution is 0.0692. The maximum atomic E-state index is 11.2. The number of amides is 1. The number of nitrogens with one attached hydrogen (secondary N) is 1. The number of aromatic nitrogens is 1. The SMILES string of the molecule is Cn1cc(C(=O)O)c2c1CNC2=O. The third kappa shape index (κ3) is 0.932. The Balaban J connectivity index is 2.67. The smallest absolute Gasteiger partial charge is 0.338 e. The summed E-state index contributed by atoms with van der Waals surface area (Å²) in [5.41, 5.74) is 1.12. The summed E-state index contributed by atoms with van der Waals surface area (Å²) in [6, 6.07) is 0. The molecule has 13 heavy (non-hydrogen) atoms. The molecule has 0 fully saturated rings. The monoisotopic (exact) mass is 180 g/mol. The fourth-order valence-electron chi connectivity index (χ4n) is 1.55. The molecule has 1 aliphatic rings. The van der Waals surface area contributed by atoms with Gasteiger partial charge in [-0.1, -0.05) is 0 Å². The van der Waals surface area contributed by atoms with E-state index in [1.54, 1.807) is 11.6 Å². The van der Waals surface area contributed by atoms with Crippen molar-refractivity contribution >= 4 is 11.9 Å². The van der Waals surface area contributed by atoms with Gasteiger partial charge in [-0.2, -0.15) is 0 Å². The molecular weight excluding hydrogens is 172 g/mol. The van der Waals surface area contributed by atoms with Gasteiger partial charge in [0.25, 0.3) is 5.91 Å². The van der Waals surface area contributed by atoms with Crippen molar-refractivity contribution in [3.05, 3.63) is 23.0 Å². The first kappa shape index (κ1) is 7.85. The average molecular weight is 180 g/mol. The van der Waals surface area contributed by atoms with E-state index in [1.807, 2.05) is 0 Å². The molecule has 5 nitrogen and oxygen atoms in total. The molecule has 5 heteroatoms. The highest BCUT2D eigenvalue weighted by atomic mass is 16.4. The van der Waals surface area contributed by atoms with Gasteiger partial charge in [0, 0.05) is 13.2 Å². The molecule has 1 aliphatic heterocycles. The van der Waals surface area contributed by atoms with Crippen molar-refractivity contribution in [1.82, 2.24) is 9.88 Å². The highest BCUT2D eigenvalue weighted by Crippen LogP contribution is 2.21. The van der Waals surface area contributed by atoms with Gasteiger partial charge in [0.15, 0.2) is 0 Å². The highest BCUT2D eigenvalue weighted by Gasteiger charge is 2.28. The van der Waals surface area contributed by atoms with E-state index in [4.69, 9.17) is 5.11 Å². The summed E-state index contributed by atoms with van der Waals surface area (Å²) in [6.07, 6.45) is 1.46. The number of aryl methyl sites for hydroxylation is 1. The first-order valence-electron chi connectivity index (χ1n) is 3.81. The highest BCUT2D eigenvalue weighted by molar-refractivity contribution is 6.07. The number of fused-ring (bicyclic) bond motifs is 1. The maximum absolute atomic E-state index is 11.2. The van der Waals surface area contributed by atoms with Crippen molar-refractivity contribution in [1.29, 1.82) is 0 Å². The number of rotatable bonds is 1. The van der Waals surface area contributed by atoms with Crippen LogP contribution >= 0.6 is 0 Å². The summed E-state index contributed by atoms with van der Waals surface area (Å²) in [4.78, 5) is 21.9. The van der Waals surface area contributed by atoms with Gasteiger partial charge in [0.1, 0.15) is 0 Å². The largest absolute Gasteiger partial charge is 0.478 e. The molecule has 1 aromatic rings. The zero-order chi connectivity index (χ0) is 9.59. The van der Waals surface area contributed by atoms with Gasteiger partial charge in [-0.3, -0.25) is 4.79 Å². The van der Waals surface area contributed by atoms with Crippen LogP contribution in [0.2, 0.25) is 0 Å². The third-order valence-electron chi connectivity index (χ3n) is 2.18. The van der Waals surface area contributed by atoms with Crippen molar-refractivity contribution in [2.24, 2.45) is 7.05 Å². The Morgan fingerprint density at radius 1 is 1.69 bits per heavy atom. The van der Waals surface area contributed by atoms with Crippen LogP contribution in [-0.2, 0) is 13.6 Å². The quantitative estimate of drug-likeness (QED) is 0.637. The van der Waals surface area contributed by atoms with E-state index < -0.39 is 5.97 Å². The van der Waals surface area contributed by atoms with E-state index in [-0.39, 0.29) is 11.5 Å². The first-order valence-corrected chi connectivity index (χ1v) is 3.81. The number of hydrogen-bond acceptors (Lipinski definition) is 2. The molecule has 0 spiro atoms. The van der Waals surface area contributed by atoms with Crippen LogP contribution in [0.15, 0.2) is 6.20 Å². The number of carboxylic acid groups (broad SMARTS) is 1. The molecule has 1 aromatic heterocycles. The lowest BCUT2D eigenvalue weighted by Crippen LogP contribution is -2.15. The summed E-state index contributed by atoms with van der Waals surface area (Å²) in [6.45, 7) is 0.415. The molecule has 0 atom stereocenters. The van der Waals surface area contributed by atoms with Crippen LogP contribution in [0.3, 0.4) is 0 Å². The maximum Gasteiger partial charge on any atom is 0.338 e.